The molecule has 32 heavy (non-hydrogen) atoms. The Hall–Kier alpha value is -3.14. The first-order chi connectivity index (χ1) is 15.3. The summed E-state index contributed by atoms with van der Waals surface area (Å²) in [6.45, 7) is 0.200. The van der Waals surface area contributed by atoms with Gasteiger partial charge in [-0.2, -0.15) is 18.3 Å². The van der Waals surface area contributed by atoms with Crippen LogP contribution in [0.4, 0.5) is 18.9 Å². The molecule has 1 amide bonds. The summed E-state index contributed by atoms with van der Waals surface area (Å²) in [5.41, 5.74) is -0.473. The number of carbonyl (C=O) groups excluding carboxylic acids is 1. The van der Waals surface area contributed by atoms with Crippen LogP contribution in [0.3, 0.4) is 0 Å². The molecule has 1 fully saturated rings. The first-order valence-electron chi connectivity index (χ1n) is 10.3. The lowest BCUT2D eigenvalue weighted by Gasteiger charge is -2.27. The third kappa shape index (κ3) is 4.55. The number of pyridine rings is 1. The van der Waals surface area contributed by atoms with Crippen LogP contribution in [0.1, 0.15) is 47.9 Å². The molecule has 2 N–H and O–H groups in total. The highest BCUT2D eigenvalue weighted by molar-refractivity contribution is 6.04. The molecule has 0 atom stereocenters. The van der Waals surface area contributed by atoms with E-state index >= 15 is 0 Å². The lowest BCUT2D eigenvalue weighted by atomic mass is 9.87. The minimum absolute atomic E-state index is 0.200. The van der Waals surface area contributed by atoms with E-state index in [-0.39, 0.29) is 18.3 Å². The number of halogens is 3. The number of nitrogens with one attached hydrogen (secondary N) is 1. The van der Waals surface area contributed by atoms with Gasteiger partial charge >= 0.3 is 6.18 Å². The van der Waals surface area contributed by atoms with E-state index < -0.39 is 17.8 Å². The fourth-order valence-corrected chi connectivity index (χ4v) is 4.04. The summed E-state index contributed by atoms with van der Waals surface area (Å²) in [7, 11) is 1.49. The highest BCUT2D eigenvalue weighted by atomic mass is 19.4. The molecular formula is C22H23F3N4O3. The normalized spacial score (nSPS) is 19.2. The second-order valence-electron chi connectivity index (χ2n) is 7.94. The van der Waals surface area contributed by atoms with Crippen molar-refractivity contribution in [1.82, 2.24) is 14.8 Å². The zero-order chi connectivity index (χ0) is 22.9. The number of methoxy groups -OCH3 is 1. The number of fused-ring (bicyclic) bond motifs is 1. The summed E-state index contributed by atoms with van der Waals surface area (Å²) >= 11 is 0. The largest absolute Gasteiger partial charge is 0.494 e. The minimum Gasteiger partial charge on any atom is -0.494 e. The summed E-state index contributed by atoms with van der Waals surface area (Å²) < 4.78 is 46.0. The predicted octanol–water partition coefficient (Wildman–Crippen LogP) is 4.43. The Morgan fingerprint density at radius 2 is 2.00 bits per heavy atom. The molecule has 1 saturated carbocycles. The van der Waals surface area contributed by atoms with E-state index in [0.717, 1.165) is 43.2 Å². The van der Waals surface area contributed by atoms with E-state index in [2.05, 4.69) is 15.4 Å². The van der Waals surface area contributed by atoms with Crippen LogP contribution in [0.2, 0.25) is 0 Å². The molecule has 0 radical (unpaired) electrons. The Balaban J connectivity index is 1.58. The van der Waals surface area contributed by atoms with Gasteiger partial charge in [-0.05, 0) is 49.8 Å². The first kappa shape index (κ1) is 22.1. The average molecular weight is 448 g/mol. The maximum Gasteiger partial charge on any atom is 0.433 e. The lowest BCUT2D eigenvalue weighted by molar-refractivity contribution is -0.141. The number of alkyl halides is 3. The Morgan fingerprint density at radius 1 is 1.25 bits per heavy atom. The third-order valence-corrected chi connectivity index (χ3v) is 5.79. The first-order valence-corrected chi connectivity index (χ1v) is 10.3. The Labute approximate surface area is 182 Å². The Bertz CT molecular complexity index is 1120. The Morgan fingerprint density at radius 3 is 2.66 bits per heavy atom. The predicted molar refractivity (Wildman–Crippen MR) is 112 cm³/mol. The molecule has 1 aliphatic rings. The maximum absolute atomic E-state index is 12.9. The van der Waals surface area contributed by atoms with Crippen molar-refractivity contribution < 1.29 is 27.8 Å². The van der Waals surface area contributed by atoms with Gasteiger partial charge in [0.1, 0.15) is 22.7 Å². The molecule has 3 aromatic rings. The summed E-state index contributed by atoms with van der Waals surface area (Å²) in [5, 5.41) is 17.3. The molecule has 1 aliphatic carbocycles. The van der Waals surface area contributed by atoms with Crippen LogP contribution in [0.5, 0.6) is 5.75 Å². The van der Waals surface area contributed by atoms with Gasteiger partial charge in [-0.1, -0.05) is 6.07 Å². The van der Waals surface area contributed by atoms with Crippen LogP contribution >= 0.6 is 0 Å². The van der Waals surface area contributed by atoms with E-state index in [1.807, 2.05) is 10.9 Å². The summed E-state index contributed by atoms with van der Waals surface area (Å²) in [5.74, 6) is 0.0156. The molecule has 2 aromatic heterocycles. The van der Waals surface area contributed by atoms with Gasteiger partial charge in [0.15, 0.2) is 0 Å². The number of anilines is 1. The van der Waals surface area contributed by atoms with Crippen molar-refractivity contribution in [2.75, 3.05) is 19.0 Å². The number of hydrogen-bond acceptors (Lipinski definition) is 5. The number of aliphatic hydroxyl groups excluding tert-OH is 1. The highest BCUT2D eigenvalue weighted by Gasteiger charge is 2.33. The van der Waals surface area contributed by atoms with Crippen molar-refractivity contribution >= 4 is 22.5 Å². The number of amides is 1. The molecule has 2 heterocycles. The number of aliphatic hydroxyl groups is 1. The van der Waals surface area contributed by atoms with E-state index in [4.69, 9.17) is 4.74 Å². The molecule has 4 rings (SSSR count). The molecule has 170 valence electrons. The van der Waals surface area contributed by atoms with Crippen molar-refractivity contribution in [2.45, 2.75) is 37.9 Å². The molecule has 0 spiro atoms. The van der Waals surface area contributed by atoms with Crippen LogP contribution in [0.15, 0.2) is 36.5 Å². The van der Waals surface area contributed by atoms with Crippen LogP contribution < -0.4 is 10.1 Å². The second kappa shape index (κ2) is 8.78. The van der Waals surface area contributed by atoms with Crippen LogP contribution in [0.25, 0.3) is 10.9 Å². The smallest absolute Gasteiger partial charge is 0.433 e. The number of hydrogen-bond donors (Lipinski definition) is 2. The summed E-state index contributed by atoms with van der Waals surface area (Å²) in [6.07, 6.45) is 0.918. The quantitative estimate of drug-likeness (QED) is 0.603. The van der Waals surface area contributed by atoms with E-state index in [1.54, 1.807) is 12.1 Å². The maximum atomic E-state index is 12.9. The van der Waals surface area contributed by atoms with Gasteiger partial charge in [-0.3, -0.25) is 9.48 Å². The molecule has 0 unspecified atom stereocenters. The summed E-state index contributed by atoms with van der Waals surface area (Å²) in [6, 6.07) is 6.67. The van der Waals surface area contributed by atoms with Crippen LogP contribution in [0, 0.1) is 5.92 Å². The van der Waals surface area contributed by atoms with Gasteiger partial charge < -0.3 is 15.2 Å². The standard InChI is InChI=1S/C22H23F3N4O3/c1-32-18-10-15(26-21(31)17-3-2-4-19(27-17)22(23,24)25)9-14-11-29(28-20(14)18)16-7-5-13(12-30)6-8-16/h2-4,9-11,13,16,30H,5-8,12H2,1H3,(H,26,31)/t13-,16-. The molecule has 10 heteroatoms. The molecule has 7 nitrogen and oxygen atoms in total. The average Bonchev–Trinajstić information content (AvgIpc) is 3.22. The number of carbonyl (C=O) groups is 1. The second-order valence-corrected chi connectivity index (χ2v) is 7.94. The van der Waals surface area contributed by atoms with Crippen molar-refractivity contribution in [2.24, 2.45) is 5.92 Å². The van der Waals surface area contributed by atoms with Gasteiger partial charge in [0.25, 0.3) is 5.91 Å². The number of nitrogens with zero attached hydrogens (tertiary/aromatic N) is 3. The number of benzene rings is 1. The van der Waals surface area contributed by atoms with E-state index in [0.29, 0.717) is 22.9 Å². The molecule has 0 aliphatic heterocycles. The van der Waals surface area contributed by atoms with Crippen molar-refractivity contribution in [3.8, 4) is 5.75 Å². The van der Waals surface area contributed by atoms with E-state index in [1.165, 1.54) is 13.2 Å². The van der Waals surface area contributed by atoms with Crippen LogP contribution in [-0.2, 0) is 6.18 Å². The third-order valence-electron chi connectivity index (χ3n) is 5.79. The SMILES string of the molecule is COc1cc(NC(=O)c2cccc(C(F)(F)F)n2)cc2cn([C@H]3CC[C@H](CO)CC3)nc12. The van der Waals surface area contributed by atoms with Crippen molar-refractivity contribution in [3.05, 3.63) is 47.9 Å². The van der Waals surface area contributed by atoms with Gasteiger partial charge in [-0.15, -0.1) is 0 Å². The lowest BCUT2D eigenvalue weighted by Crippen LogP contribution is -2.20. The monoisotopic (exact) mass is 448 g/mol. The number of ether oxygens (including phenoxy) is 1. The Kier molecular flexibility index (Phi) is 6.05. The molecular weight excluding hydrogens is 425 g/mol. The summed E-state index contributed by atoms with van der Waals surface area (Å²) in [4.78, 5) is 15.9. The van der Waals surface area contributed by atoms with E-state index in [9.17, 15) is 23.1 Å². The number of rotatable bonds is 5. The van der Waals surface area contributed by atoms with Crippen molar-refractivity contribution in [3.63, 3.8) is 0 Å². The fraction of sp³-hybridized carbons (Fsp3) is 0.409. The van der Waals surface area contributed by atoms with Gasteiger partial charge in [0.05, 0.1) is 13.2 Å². The molecule has 1 aromatic carbocycles. The fourth-order valence-electron chi connectivity index (χ4n) is 4.04. The van der Waals surface area contributed by atoms with Gasteiger partial charge in [0.2, 0.25) is 0 Å². The molecule has 0 saturated heterocycles. The molecule has 0 bridgehead atoms. The number of aromatic nitrogens is 3. The van der Waals surface area contributed by atoms with Crippen molar-refractivity contribution in [1.29, 1.82) is 0 Å². The van der Waals surface area contributed by atoms with Crippen LogP contribution in [-0.4, -0.2) is 39.5 Å². The van der Waals surface area contributed by atoms with Gasteiger partial charge in [-0.25, -0.2) is 4.98 Å². The van der Waals surface area contributed by atoms with Gasteiger partial charge in [0, 0.05) is 29.9 Å². The minimum atomic E-state index is -4.64. The highest BCUT2D eigenvalue weighted by Crippen LogP contribution is 2.35. The topological polar surface area (TPSA) is 89.3 Å². The zero-order valence-corrected chi connectivity index (χ0v) is 17.4. The zero-order valence-electron chi connectivity index (χ0n) is 17.4.